The minimum Gasteiger partial charge on any atom is -0.0619 e. The van der Waals surface area contributed by atoms with Crippen LogP contribution in [0.25, 0.3) is 76.8 Å². The summed E-state index contributed by atoms with van der Waals surface area (Å²) in [5.74, 6) is 0. The summed E-state index contributed by atoms with van der Waals surface area (Å²) in [6, 6.07) is -15.5. The summed E-state index contributed by atoms with van der Waals surface area (Å²) >= 11 is 0. The van der Waals surface area contributed by atoms with Gasteiger partial charge in [-0.1, -0.05) is 175 Å². The highest BCUT2D eigenvalue weighted by Crippen LogP contribution is 2.64. The highest BCUT2D eigenvalue weighted by atomic mass is 14.5. The summed E-state index contributed by atoms with van der Waals surface area (Å²) in [6.45, 7) is 0. The lowest BCUT2D eigenvalue weighted by atomic mass is 9.70. The van der Waals surface area contributed by atoms with E-state index in [0.717, 1.165) is 0 Å². The second kappa shape index (κ2) is 9.89. The fourth-order valence-electron chi connectivity index (χ4n) is 7.44. The van der Waals surface area contributed by atoms with E-state index in [2.05, 4.69) is 0 Å². The number of hydrogen-bond donors (Lipinski definition) is 0. The summed E-state index contributed by atoms with van der Waals surface area (Å²) in [5.41, 5.74) is -7.94. The highest BCUT2D eigenvalue weighted by Gasteiger charge is 2.51. The van der Waals surface area contributed by atoms with Crippen LogP contribution in [-0.4, -0.2) is 0 Å². The average Bonchev–Trinajstić information content (AvgIpc) is 4.06. The molecule has 0 saturated carbocycles. The first-order valence-corrected chi connectivity index (χ1v) is 15.1. The van der Waals surface area contributed by atoms with Crippen molar-refractivity contribution < 1.29 is 35.6 Å². The molecule has 0 nitrogen and oxygen atoms in total. The Morgan fingerprint density at radius 1 is 0.327 bits per heavy atom. The minimum atomic E-state index is -2.68. The van der Waals surface area contributed by atoms with E-state index in [1.54, 1.807) is 0 Å². The molecule has 1 spiro atoms. The Balaban J connectivity index is 1.39. The van der Waals surface area contributed by atoms with Crippen LogP contribution in [-0.2, 0) is 5.41 Å². The molecule has 0 saturated heterocycles. The van der Waals surface area contributed by atoms with Gasteiger partial charge in [-0.3, -0.25) is 0 Å². The van der Waals surface area contributed by atoms with E-state index < -0.39 is 250 Å². The molecule has 0 bridgehead atoms. The number of hydrogen-bond acceptors (Lipinski definition) is 0. The fourth-order valence-corrected chi connectivity index (χ4v) is 7.44. The Hall–Kier alpha value is -6.24. The highest BCUT2D eigenvalue weighted by molar-refractivity contribution is 6.25. The topological polar surface area (TPSA) is 0 Å². The van der Waals surface area contributed by atoms with Gasteiger partial charge in [-0.25, -0.2) is 0 Å². The summed E-state index contributed by atoms with van der Waals surface area (Å²) in [7, 11) is 0. The summed E-state index contributed by atoms with van der Waals surface area (Å²) in [4.78, 5) is 0. The van der Waals surface area contributed by atoms with E-state index in [9.17, 15) is 16.4 Å². The first-order chi connectivity index (χ1) is 35.1. The SMILES string of the molecule is [2H]c1c([2H])c([2H])c2c(c1[2H])-c1c([2H])c([2H])c([2H])c([2H])c1C21c2c([2H])c([2H])c([2H])c([2H])c2-c2c(-c3ccccc3-c3c([2H])c([2H])c4c5c([2H])c([2H])c([2H])c([2H])c5c5c([2H])c([2H])c([2H])c([2H])c5c4c3[2H])c([2H])c([2H])c([2H])c21. The Kier molecular flexibility index (Phi) is 2.43. The van der Waals surface area contributed by atoms with Crippen LogP contribution in [0.5, 0.6) is 0 Å². The van der Waals surface area contributed by atoms with Crippen LogP contribution in [0, 0.1) is 0 Å². The molecule has 2 aliphatic rings. The van der Waals surface area contributed by atoms with E-state index in [-0.39, 0.29) is 11.1 Å². The van der Waals surface area contributed by atoms with Gasteiger partial charge in [0.1, 0.15) is 0 Å². The lowest BCUT2D eigenvalue weighted by molar-refractivity contribution is 0.794. The molecule has 9 aromatic carbocycles. The second-order valence-corrected chi connectivity index (χ2v) is 11.5. The lowest BCUT2D eigenvalue weighted by Gasteiger charge is -2.30. The van der Waals surface area contributed by atoms with E-state index in [1.807, 2.05) is 0 Å². The van der Waals surface area contributed by atoms with Gasteiger partial charge in [-0.05, 0) is 105 Å². The zero-order chi connectivity index (χ0) is 54.7. The van der Waals surface area contributed by atoms with Crippen molar-refractivity contribution in [2.75, 3.05) is 0 Å². The van der Waals surface area contributed by atoms with Crippen molar-refractivity contribution in [1.29, 1.82) is 0 Å². The van der Waals surface area contributed by atoms with E-state index in [0.29, 0.717) is 0 Å². The molecule has 0 atom stereocenters. The maximum absolute atomic E-state index is 10.0. The molecule has 226 valence electrons. The van der Waals surface area contributed by atoms with Crippen molar-refractivity contribution in [2.24, 2.45) is 0 Å². The van der Waals surface area contributed by atoms with E-state index in [4.69, 9.17) is 19.2 Å². The van der Waals surface area contributed by atoms with Crippen LogP contribution >= 0.6 is 0 Å². The molecule has 0 heteroatoms. The van der Waals surface area contributed by atoms with Crippen molar-refractivity contribution in [3.63, 3.8) is 0 Å². The third kappa shape index (κ3) is 3.43. The second-order valence-electron chi connectivity index (χ2n) is 11.5. The van der Waals surface area contributed by atoms with Gasteiger partial charge >= 0.3 is 0 Å². The number of benzene rings is 9. The van der Waals surface area contributed by atoms with Gasteiger partial charge in [0, 0.05) is 0 Å². The molecule has 2 aliphatic carbocycles. The van der Waals surface area contributed by atoms with Gasteiger partial charge in [0.2, 0.25) is 0 Å². The monoisotopic (exact) mass is 644 g/mol. The van der Waals surface area contributed by atoms with Gasteiger partial charge in [0.25, 0.3) is 0 Å². The van der Waals surface area contributed by atoms with Gasteiger partial charge in [0.15, 0.2) is 0 Å². The molecule has 0 aliphatic heterocycles. The Bertz CT molecular complexity index is 4200. The molecule has 0 amide bonds. The first-order valence-electron chi connectivity index (χ1n) is 28.1. The number of fused-ring (bicyclic) bond motifs is 16. The Morgan fingerprint density at radius 2 is 0.776 bits per heavy atom. The van der Waals surface area contributed by atoms with Crippen LogP contribution in [0.2, 0.25) is 0 Å². The van der Waals surface area contributed by atoms with E-state index in [1.165, 1.54) is 24.3 Å². The Labute approximate surface area is 322 Å². The summed E-state index contributed by atoms with van der Waals surface area (Å²) in [6.07, 6.45) is 0. The molecule has 49 heavy (non-hydrogen) atoms. The molecule has 0 heterocycles. The molecule has 0 unspecified atom stereocenters. The molecule has 0 radical (unpaired) electrons. The molecule has 9 aromatic rings. The molecule has 0 fully saturated rings. The minimum absolute atomic E-state index is 0.208. The maximum atomic E-state index is 10.0. The van der Waals surface area contributed by atoms with Gasteiger partial charge in [-0.2, -0.15) is 0 Å². The zero-order valence-electron chi connectivity index (χ0n) is 50.8. The van der Waals surface area contributed by atoms with Crippen LogP contribution < -0.4 is 0 Å². The van der Waals surface area contributed by atoms with Crippen molar-refractivity contribution in [1.82, 2.24) is 0 Å². The van der Waals surface area contributed by atoms with E-state index >= 15 is 0 Å². The van der Waals surface area contributed by atoms with Crippen molar-refractivity contribution in [3.8, 4) is 44.5 Å². The third-order valence-corrected chi connectivity index (χ3v) is 9.34. The largest absolute Gasteiger partial charge is 0.0725 e. The molecule has 0 aromatic heterocycles. The quantitative estimate of drug-likeness (QED) is 0.164. The normalized spacial score (nSPS) is 20.9. The van der Waals surface area contributed by atoms with Crippen LogP contribution in [0.15, 0.2) is 181 Å². The van der Waals surface area contributed by atoms with Crippen molar-refractivity contribution >= 4 is 32.3 Å². The predicted octanol–water partition coefficient (Wildman–Crippen LogP) is 12.8. The third-order valence-electron chi connectivity index (χ3n) is 9.34. The summed E-state index contributed by atoms with van der Waals surface area (Å²) < 4.78 is 239. The van der Waals surface area contributed by atoms with Gasteiger partial charge in [-0.15, -0.1) is 0 Å². The fraction of sp³-hybridized carbons (Fsp3) is 0.0204. The van der Waals surface area contributed by atoms with Crippen LogP contribution in [0.3, 0.4) is 0 Å². The van der Waals surface area contributed by atoms with Crippen molar-refractivity contribution in [2.45, 2.75) is 5.41 Å². The zero-order valence-corrected chi connectivity index (χ0v) is 24.8. The maximum Gasteiger partial charge on any atom is 0.0725 e. The molecular formula is C49H30. The molecule has 0 N–H and O–H groups in total. The standard InChI is InChI=1S/C49H30/c1-2-15-33(32(14-1)31-28-29-38-36-18-4-3-16-34(36)35-17-5-6-19-37(35)43(38)30-31)41-23-13-27-47-48(41)42-22-9-12-26-46(42)49(47)44-24-10-7-20-39(44)40-21-8-11-25-45(40)49/h1-30H/i3D,4D,5D,6D,7D,8D,9D,10D,11D,12D,13D,16D,17D,18D,19D,20D,21D,22D,23D,24D,25D,26D,27D,28D,29D,30D. The van der Waals surface area contributed by atoms with Crippen LogP contribution in [0.4, 0.5) is 0 Å². The predicted molar refractivity (Wildman–Crippen MR) is 206 cm³/mol. The number of rotatable bonds is 2. The molecule has 11 rings (SSSR count). The molecular weight excluding hydrogens is 589 g/mol. The summed E-state index contributed by atoms with van der Waals surface area (Å²) in [5, 5.41) is -2.52. The lowest BCUT2D eigenvalue weighted by Crippen LogP contribution is -2.25. The smallest absolute Gasteiger partial charge is 0.0619 e. The van der Waals surface area contributed by atoms with Gasteiger partial charge in [0.05, 0.1) is 41.1 Å². The first kappa shape index (κ1) is 12.0. The van der Waals surface area contributed by atoms with Crippen LogP contribution in [0.1, 0.15) is 57.9 Å². The van der Waals surface area contributed by atoms with Gasteiger partial charge < -0.3 is 0 Å². The van der Waals surface area contributed by atoms with Crippen molar-refractivity contribution in [3.05, 3.63) is 204 Å². The average molecular weight is 645 g/mol. The Morgan fingerprint density at radius 3 is 1.41 bits per heavy atom.